The van der Waals surface area contributed by atoms with Gasteiger partial charge in [-0.1, -0.05) is 65.8 Å². The lowest BCUT2D eigenvalue weighted by molar-refractivity contribution is -0.143. The van der Waals surface area contributed by atoms with Crippen molar-refractivity contribution >= 4 is 5.91 Å². The maximum Gasteiger partial charge on any atom is 0.416 e. The SMILES string of the molecule is [N-]=[N+]=N[C@@H](c1ccccc1)[C@@H](NC(=O)c1cc(C(F)(F)F)cc(C(F)(F)F)c1)c1ccccc1. The van der Waals surface area contributed by atoms with Crippen molar-refractivity contribution in [2.24, 2.45) is 5.11 Å². The molecule has 0 heterocycles. The van der Waals surface area contributed by atoms with Crippen molar-refractivity contribution in [3.05, 3.63) is 117 Å². The third kappa shape index (κ3) is 5.87. The molecule has 1 amide bonds. The largest absolute Gasteiger partial charge is 0.416 e. The van der Waals surface area contributed by atoms with Crippen LogP contribution in [0.1, 0.15) is 44.7 Å². The van der Waals surface area contributed by atoms with Crippen molar-refractivity contribution < 1.29 is 31.1 Å². The number of rotatable bonds is 6. The number of halogens is 6. The molecule has 34 heavy (non-hydrogen) atoms. The summed E-state index contributed by atoms with van der Waals surface area (Å²) in [5.74, 6) is -1.19. The predicted octanol–water partition coefficient (Wildman–Crippen LogP) is 7.25. The number of benzene rings is 3. The second-order valence-corrected chi connectivity index (χ2v) is 7.22. The fourth-order valence-corrected chi connectivity index (χ4v) is 3.35. The number of nitrogens with one attached hydrogen (secondary N) is 1. The highest BCUT2D eigenvalue weighted by Gasteiger charge is 2.38. The molecule has 2 atom stereocenters. The van der Waals surface area contributed by atoms with Crippen LogP contribution < -0.4 is 5.32 Å². The third-order valence-corrected chi connectivity index (χ3v) is 4.93. The van der Waals surface area contributed by atoms with E-state index in [1.54, 1.807) is 60.7 Å². The summed E-state index contributed by atoms with van der Waals surface area (Å²) < 4.78 is 79.3. The molecule has 0 fully saturated rings. The Hall–Kier alpha value is -3.98. The first-order valence-electron chi connectivity index (χ1n) is 9.75. The van der Waals surface area contributed by atoms with E-state index in [4.69, 9.17) is 5.53 Å². The number of carbonyl (C=O) groups is 1. The first kappa shape index (κ1) is 24.7. The van der Waals surface area contributed by atoms with Crippen molar-refractivity contribution in [2.75, 3.05) is 0 Å². The van der Waals surface area contributed by atoms with Gasteiger partial charge in [-0.05, 0) is 34.9 Å². The molecule has 176 valence electrons. The molecule has 0 spiro atoms. The Morgan fingerprint density at radius 1 is 0.794 bits per heavy atom. The molecule has 3 aromatic rings. The van der Waals surface area contributed by atoms with E-state index in [1.807, 2.05) is 0 Å². The Bertz CT molecular complexity index is 1160. The van der Waals surface area contributed by atoms with Gasteiger partial charge in [0.2, 0.25) is 0 Å². The van der Waals surface area contributed by atoms with E-state index in [9.17, 15) is 31.1 Å². The van der Waals surface area contributed by atoms with Crippen molar-refractivity contribution in [3.8, 4) is 0 Å². The lowest BCUT2D eigenvalue weighted by Gasteiger charge is -2.26. The molecule has 5 nitrogen and oxygen atoms in total. The topological polar surface area (TPSA) is 77.9 Å². The van der Waals surface area contributed by atoms with Gasteiger partial charge in [0.25, 0.3) is 5.91 Å². The van der Waals surface area contributed by atoms with Gasteiger partial charge in [-0.25, -0.2) is 0 Å². The van der Waals surface area contributed by atoms with Gasteiger partial charge in [0, 0.05) is 10.5 Å². The van der Waals surface area contributed by atoms with Crippen LogP contribution in [-0.4, -0.2) is 5.91 Å². The van der Waals surface area contributed by atoms with E-state index in [1.165, 1.54) is 0 Å². The fourth-order valence-electron chi connectivity index (χ4n) is 3.35. The van der Waals surface area contributed by atoms with Crippen molar-refractivity contribution in [1.29, 1.82) is 0 Å². The minimum Gasteiger partial charge on any atom is -0.344 e. The van der Waals surface area contributed by atoms with Crippen LogP contribution in [0.4, 0.5) is 26.3 Å². The minimum atomic E-state index is -5.10. The number of hydrogen-bond donors (Lipinski definition) is 1. The summed E-state index contributed by atoms with van der Waals surface area (Å²) >= 11 is 0. The van der Waals surface area contributed by atoms with Gasteiger partial charge >= 0.3 is 12.4 Å². The van der Waals surface area contributed by atoms with Gasteiger partial charge < -0.3 is 5.32 Å². The summed E-state index contributed by atoms with van der Waals surface area (Å²) in [6.45, 7) is 0. The summed E-state index contributed by atoms with van der Waals surface area (Å²) in [6.07, 6.45) is -10.2. The normalized spacial score (nSPS) is 13.5. The molecule has 0 aromatic heterocycles. The third-order valence-electron chi connectivity index (χ3n) is 4.93. The van der Waals surface area contributed by atoms with Crippen molar-refractivity contribution in [3.63, 3.8) is 0 Å². The van der Waals surface area contributed by atoms with Crippen molar-refractivity contribution in [2.45, 2.75) is 24.4 Å². The molecular weight excluding hydrogens is 462 g/mol. The Balaban J connectivity index is 2.09. The van der Waals surface area contributed by atoms with Crippen molar-refractivity contribution in [1.82, 2.24) is 5.32 Å². The van der Waals surface area contributed by atoms with E-state index in [0.717, 1.165) is 0 Å². The van der Waals surface area contributed by atoms with Gasteiger partial charge in [-0.15, -0.1) is 0 Å². The van der Waals surface area contributed by atoms with Crippen LogP contribution in [0.25, 0.3) is 10.4 Å². The number of alkyl halides is 6. The first-order chi connectivity index (χ1) is 16.0. The minimum absolute atomic E-state index is 0.0573. The van der Waals surface area contributed by atoms with Crippen LogP contribution >= 0.6 is 0 Å². The van der Waals surface area contributed by atoms with Gasteiger partial charge in [-0.3, -0.25) is 4.79 Å². The molecule has 3 aromatic carbocycles. The second kappa shape index (κ2) is 9.88. The molecule has 0 aliphatic heterocycles. The monoisotopic (exact) mass is 478 g/mol. The maximum absolute atomic E-state index is 13.2. The van der Waals surface area contributed by atoms with Gasteiger partial charge in [-0.2, -0.15) is 26.3 Å². The Kier molecular flexibility index (Phi) is 7.17. The lowest BCUT2D eigenvalue weighted by Crippen LogP contribution is -2.32. The molecule has 0 aliphatic rings. The Morgan fingerprint density at radius 3 is 1.71 bits per heavy atom. The lowest BCUT2D eigenvalue weighted by atomic mass is 9.93. The highest BCUT2D eigenvalue weighted by molar-refractivity contribution is 5.95. The molecule has 1 N–H and O–H groups in total. The molecule has 0 bridgehead atoms. The van der Waals surface area contributed by atoms with Crippen LogP contribution in [0, 0.1) is 0 Å². The van der Waals surface area contributed by atoms with E-state index in [0.29, 0.717) is 23.3 Å². The summed E-state index contributed by atoms with van der Waals surface area (Å²) in [4.78, 5) is 15.8. The van der Waals surface area contributed by atoms with E-state index in [-0.39, 0.29) is 6.07 Å². The highest BCUT2D eigenvalue weighted by atomic mass is 19.4. The van der Waals surface area contributed by atoms with E-state index in [2.05, 4.69) is 15.3 Å². The predicted molar refractivity (Wildman–Crippen MR) is 111 cm³/mol. The summed E-state index contributed by atoms with van der Waals surface area (Å²) in [7, 11) is 0. The van der Waals surface area contributed by atoms with Gasteiger partial charge in [0.05, 0.1) is 23.2 Å². The molecule has 0 saturated heterocycles. The molecule has 3 rings (SSSR count). The molecule has 0 radical (unpaired) electrons. The number of azide groups is 1. The van der Waals surface area contributed by atoms with Gasteiger partial charge in [0.15, 0.2) is 0 Å². The second-order valence-electron chi connectivity index (χ2n) is 7.22. The summed E-state index contributed by atoms with van der Waals surface area (Å²) in [5.41, 5.74) is 5.94. The van der Waals surface area contributed by atoms with Crippen LogP contribution in [-0.2, 0) is 12.4 Å². The molecular formula is C23H16F6N4O. The zero-order valence-electron chi connectivity index (χ0n) is 17.2. The molecule has 0 unspecified atom stereocenters. The average molecular weight is 478 g/mol. The zero-order valence-corrected chi connectivity index (χ0v) is 17.2. The number of amides is 1. The number of carbonyl (C=O) groups excluding carboxylic acids is 1. The molecule has 11 heteroatoms. The standard InChI is InChI=1S/C23H16F6N4O/c24-22(25,26)17-11-16(12-18(13-17)23(27,28)29)21(34)31-19(14-7-3-1-4-8-14)20(32-33-30)15-9-5-2-6-10-15/h1-13,19-20H,(H,31,34)/t19-,20-/m0/s1. The van der Waals surface area contributed by atoms with Crippen LogP contribution in [0.15, 0.2) is 84.0 Å². The quantitative estimate of drug-likeness (QED) is 0.172. The maximum atomic E-state index is 13.2. The van der Waals surface area contributed by atoms with Crippen LogP contribution in [0.5, 0.6) is 0 Å². The van der Waals surface area contributed by atoms with E-state index >= 15 is 0 Å². The zero-order chi connectivity index (χ0) is 24.9. The number of hydrogen-bond acceptors (Lipinski definition) is 2. The average Bonchev–Trinajstić information content (AvgIpc) is 2.81. The van der Waals surface area contributed by atoms with Crippen LogP contribution in [0.3, 0.4) is 0 Å². The van der Waals surface area contributed by atoms with Crippen LogP contribution in [0.2, 0.25) is 0 Å². The molecule has 0 aliphatic carbocycles. The highest BCUT2D eigenvalue weighted by Crippen LogP contribution is 2.37. The first-order valence-corrected chi connectivity index (χ1v) is 9.75. The molecule has 0 saturated carbocycles. The van der Waals surface area contributed by atoms with Gasteiger partial charge in [0.1, 0.15) is 0 Å². The Morgan fingerprint density at radius 2 is 1.26 bits per heavy atom. The van der Waals surface area contributed by atoms with E-state index < -0.39 is 47.0 Å². The summed E-state index contributed by atoms with van der Waals surface area (Å²) in [5, 5.41) is 6.19. The smallest absolute Gasteiger partial charge is 0.344 e. The summed E-state index contributed by atoms with van der Waals surface area (Å²) in [6, 6.07) is 14.8. The fraction of sp³-hybridized carbons (Fsp3) is 0.174. The Labute approximate surface area is 189 Å². The number of nitrogens with zero attached hydrogens (tertiary/aromatic N) is 3.